The third kappa shape index (κ3) is 13.3. The molecule has 2 aromatic carbocycles. The van der Waals surface area contributed by atoms with E-state index in [-0.39, 0.29) is 48.1 Å². The first-order chi connectivity index (χ1) is 27.9. The Labute approximate surface area is 341 Å². The van der Waals surface area contributed by atoms with Gasteiger partial charge in [0.1, 0.15) is 17.6 Å². The Bertz CT molecular complexity index is 2090. The number of nitrogens with zero attached hydrogens (tertiary/aromatic N) is 2. The zero-order chi connectivity index (χ0) is 43.9. The van der Waals surface area contributed by atoms with E-state index in [0.29, 0.717) is 30.5 Å². The molecule has 0 saturated carbocycles. The summed E-state index contributed by atoms with van der Waals surface area (Å²) in [5.74, 6) is -6.67. The van der Waals surface area contributed by atoms with Crippen LogP contribution in [0.1, 0.15) is 90.6 Å². The van der Waals surface area contributed by atoms with Crippen LogP contribution in [0.4, 0.5) is 5.69 Å². The highest BCUT2D eigenvalue weighted by Gasteiger charge is 2.34. The molecule has 4 amide bonds. The summed E-state index contributed by atoms with van der Waals surface area (Å²) in [6, 6.07) is 10.1. The van der Waals surface area contributed by atoms with E-state index in [9.17, 15) is 47.1 Å². The highest BCUT2D eigenvalue weighted by molar-refractivity contribution is 7.92. The fourth-order valence-electron chi connectivity index (χ4n) is 5.86. The predicted octanol–water partition coefficient (Wildman–Crippen LogP) is 3.41. The van der Waals surface area contributed by atoms with Crippen LogP contribution in [0, 0.1) is 5.92 Å². The van der Waals surface area contributed by atoms with Crippen molar-refractivity contribution in [2.24, 2.45) is 5.92 Å². The first-order valence-electron chi connectivity index (χ1n) is 18.6. The number of ether oxygens (including phenoxy) is 1. The molecule has 3 rings (SSSR count). The quantitative estimate of drug-likeness (QED) is 0.0375. The van der Waals surface area contributed by atoms with E-state index in [1.165, 1.54) is 61.6 Å². The lowest BCUT2D eigenvalue weighted by Gasteiger charge is -2.31. The molecular weight excluding hydrogens is 795 g/mol. The molecule has 1 aromatic heterocycles. The molecule has 3 atom stereocenters. The van der Waals surface area contributed by atoms with Crippen LogP contribution in [0.2, 0.25) is 0 Å². The lowest BCUT2D eigenvalue weighted by atomic mass is 9.90. The van der Waals surface area contributed by atoms with Gasteiger partial charge in [-0.1, -0.05) is 39.2 Å². The van der Waals surface area contributed by atoms with Crippen LogP contribution in [-0.2, 0) is 34.0 Å². The molecule has 0 aliphatic rings. The number of hydroxylamine groups is 2. The molecule has 19 nitrogen and oxygen atoms in total. The Hall–Kier alpha value is -6.44. The van der Waals surface area contributed by atoms with E-state index < -0.39 is 70.1 Å². The van der Waals surface area contributed by atoms with E-state index in [1.807, 2.05) is 6.92 Å². The standard InChI is InChI=1S/C39H49N5O14S/c1-6-9-10-11-27(30(7-2)44(23-45)58-39(53)24-12-15-26(16-13-24)43(4)59(5,54)55)35(48)40-22-41-37(50)32-19-18-31(57-32)25-14-17-28(33(20-25)56-8-3)36(49)42-29(38(51)52)21-34(46)47/h12-20,23,27,29-30H,6-11,21-22H2,1-5H3,(H,40,48)(H,41,50)(H,42,49)(H,46,47)(H,51,52)/t27-,29+,30-/m1/s1. The fourth-order valence-corrected chi connectivity index (χ4v) is 6.37. The van der Waals surface area contributed by atoms with Crippen molar-refractivity contribution < 1.29 is 66.2 Å². The van der Waals surface area contributed by atoms with Crippen molar-refractivity contribution in [3.8, 4) is 17.1 Å². The molecule has 0 aliphatic carbocycles. The van der Waals surface area contributed by atoms with Gasteiger partial charge >= 0.3 is 17.9 Å². The third-order valence-electron chi connectivity index (χ3n) is 9.06. The van der Waals surface area contributed by atoms with Gasteiger partial charge in [-0.3, -0.25) is 28.3 Å². The predicted molar refractivity (Wildman–Crippen MR) is 212 cm³/mol. The number of furan rings is 1. The summed E-state index contributed by atoms with van der Waals surface area (Å²) in [6.07, 6.45) is 3.30. The van der Waals surface area contributed by atoms with E-state index in [2.05, 4.69) is 16.0 Å². The van der Waals surface area contributed by atoms with Crippen LogP contribution in [0.5, 0.6) is 5.75 Å². The lowest BCUT2D eigenvalue weighted by molar-refractivity contribution is -0.171. The molecule has 0 saturated heterocycles. The molecule has 0 unspecified atom stereocenters. The second-order valence-electron chi connectivity index (χ2n) is 13.2. The molecule has 1 heterocycles. The normalized spacial score (nSPS) is 12.6. The summed E-state index contributed by atoms with van der Waals surface area (Å²) in [6.45, 7) is 5.15. The number of rotatable bonds is 24. The number of carboxylic acids is 2. The van der Waals surface area contributed by atoms with Gasteiger partial charge in [0, 0.05) is 12.6 Å². The molecule has 20 heteroatoms. The van der Waals surface area contributed by atoms with Crippen molar-refractivity contribution in [3.63, 3.8) is 0 Å². The minimum Gasteiger partial charge on any atom is -0.493 e. The van der Waals surface area contributed by atoms with E-state index >= 15 is 0 Å². The van der Waals surface area contributed by atoms with E-state index in [0.717, 1.165) is 28.5 Å². The van der Waals surface area contributed by atoms with Gasteiger partial charge in [0.15, 0.2) is 5.76 Å². The van der Waals surface area contributed by atoms with Gasteiger partial charge in [-0.05, 0) is 68.3 Å². The Kier molecular flexibility index (Phi) is 17.4. The Morgan fingerprint density at radius 2 is 1.61 bits per heavy atom. The van der Waals surface area contributed by atoms with Gasteiger partial charge in [0.25, 0.3) is 11.8 Å². The summed E-state index contributed by atoms with van der Waals surface area (Å²) in [4.78, 5) is 92.7. The van der Waals surface area contributed by atoms with Gasteiger partial charge < -0.3 is 40.2 Å². The number of carbonyl (C=O) groups excluding carboxylic acids is 5. The van der Waals surface area contributed by atoms with Crippen LogP contribution in [0.3, 0.4) is 0 Å². The van der Waals surface area contributed by atoms with Crippen molar-refractivity contribution in [2.75, 3.05) is 30.9 Å². The minimum absolute atomic E-state index is 0.0351. The molecule has 0 radical (unpaired) electrons. The number of nitrogens with one attached hydrogen (secondary N) is 3. The number of benzene rings is 2. The molecule has 0 bridgehead atoms. The van der Waals surface area contributed by atoms with Crippen LogP contribution >= 0.6 is 0 Å². The van der Waals surface area contributed by atoms with Crippen molar-refractivity contribution >= 4 is 57.8 Å². The number of aliphatic carboxylic acids is 2. The number of carbonyl (C=O) groups is 7. The van der Waals surface area contributed by atoms with Crippen molar-refractivity contribution in [2.45, 2.75) is 71.4 Å². The first-order valence-corrected chi connectivity index (χ1v) is 20.5. The fraction of sp³-hybridized carbons (Fsp3) is 0.410. The zero-order valence-corrected chi connectivity index (χ0v) is 34.1. The number of hydrogen-bond acceptors (Lipinski definition) is 12. The number of sulfonamides is 1. The summed E-state index contributed by atoms with van der Waals surface area (Å²) in [5.41, 5.74) is 0.659. The Balaban J connectivity index is 1.70. The molecular formula is C39H49N5O14S. The van der Waals surface area contributed by atoms with Gasteiger partial charge in [-0.15, -0.1) is 0 Å². The summed E-state index contributed by atoms with van der Waals surface area (Å²) >= 11 is 0. The van der Waals surface area contributed by atoms with Gasteiger partial charge in [0.05, 0.1) is 54.7 Å². The average molecular weight is 844 g/mol. The van der Waals surface area contributed by atoms with E-state index in [4.69, 9.17) is 19.1 Å². The number of amides is 4. The van der Waals surface area contributed by atoms with Crippen molar-refractivity contribution in [3.05, 3.63) is 71.5 Å². The Morgan fingerprint density at radius 3 is 2.19 bits per heavy atom. The third-order valence-corrected chi connectivity index (χ3v) is 10.3. The van der Waals surface area contributed by atoms with Crippen molar-refractivity contribution in [1.82, 2.24) is 21.0 Å². The maximum atomic E-state index is 13.6. The molecule has 0 aliphatic heterocycles. The highest BCUT2D eigenvalue weighted by atomic mass is 32.2. The average Bonchev–Trinajstić information content (AvgIpc) is 3.70. The smallest absolute Gasteiger partial charge is 0.363 e. The van der Waals surface area contributed by atoms with Gasteiger partial charge in [0.2, 0.25) is 22.3 Å². The topological polar surface area (TPSA) is 268 Å². The van der Waals surface area contributed by atoms with Gasteiger partial charge in [-0.25, -0.2) is 18.0 Å². The number of hydrogen-bond donors (Lipinski definition) is 5. The summed E-state index contributed by atoms with van der Waals surface area (Å²) in [7, 11) is -2.19. The SMILES string of the molecule is CCCCC[C@@H](C(=O)NCNC(=O)c1ccc(-c2ccc(C(=O)N[C@@H](CC(=O)O)C(=O)O)c(OCC)c2)o1)[C@@H](CC)N(C=O)OC(=O)c1ccc(N(C)S(C)(=O)=O)cc1. The first kappa shape index (κ1) is 46.9. The number of anilines is 1. The van der Waals surface area contributed by atoms with Crippen LogP contribution in [-0.4, -0.2) is 104 Å². The molecule has 320 valence electrons. The summed E-state index contributed by atoms with van der Waals surface area (Å²) in [5, 5.41) is 26.5. The van der Waals surface area contributed by atoms with Crippen LogP contribution < -0.4 is 25.0 Å². The lowest BCUT2D eigenvalue weighted by Crippen LogP contribution is -2.49. The maximum absolute atomic E-state index is 13.6. The highest BCUT2D eigenvalue weighted by Crippen LogP contribution is 2.30. The second-order valence-corrected chi connectivity index (χ2v) is 15.2. The Morgan fingerprint density at radius 1 is 0.915 bits per heavy atom. The van der Waals surface area contributed by atoms with Gasteiger partial charge in [-0.2, -0.15) is 5.06 Å². The van der Waals surface area contributed by atoms with Crippen molar-refractivity contribution in [1.29, 1.82) is 0 Å². The number of unbranched alkanes of at least 4 members (excludes halogenated alkanes) is 2. The van der Waals surface area contributed by atoms with Crippen LogP contribution in [0.25, 0.3) is 11.3 Å². The largest absolute Gasteiger partial charge is 0.493 e. The summed E-state index contributed by atoms with van der Waals surface area (Å²) < 4.78 is 36.1. The maximum Gasteiger partial charge on any atom is 0.363 e. The van der Waals surface area contributed by atoms with E-state index in [1.54, 1.807) is 13.8 Å². The monoisotopic (exact) mass is 843 g/mol. The molecule has 5 N–H and O–H groups in total. The zero-order valence-electron chi connectivity index (χ0n) is 33.3. The molecule has 0 spiro atoms. The molecule has 59 heavy (non-hydrogen) atoms. The minimum atomic E-state index is -3.54. The second kappa shape index (κ2) is 21.9. The molecule has 0 fully saturated rings. The van der Waals surface area contributed by atoms with Crippen LogP contribution in [0.15, 0.2) is 59.0 Å². The number of carboxylic acid groups (broad SMARTS) is 2. The molecule has 3 aromatic rings.